The van der Waals surface area contributed by atoms with Crippen molar-refractivity contribution in [2.75, 3.05) is 41.7 Å². The Balaban J connectivity index is 1.43. The Kier molecular flexibility index (Phi) is 11.8. The molecule has 0 aliphatic carbocycles. The fourth-order valence-corrected chi connectivity index (χ4v) is 5.81. The second-order valence-electron chi connectivity index (χ2n) is 11.4. The highest BCUT2D eigenvalue weighted by molar-refractivity contribution is 5.87. The lowest BCUT2D eigenvalue weighted by atomic mass is 9.95. The van der Waals surface area contributed by atoms with E-state index in [2.05, 4.69) is 0 Å². The number of carbonyl (C=O) groups is 1. The zero-order valence-electron chi connectivity index (χ0n) is 27.2. The maximum atomic E-state index is 13.2. The molecule has 3 heterocycles. The molecule has 0 saturated carbocycles. The van der Waals surface area contributed by atoms with Crippen LogP contribution in [0.5, 0.6) is 23.0 Å². The number of carbonyl (C=O) groups excluding carboxylic acids is 1. The number of methoxy groups -OCH3 is 4. The van der Waals surface area contributed by atoms with Crippen molar-refractivity contribution in [3.8, 4) is 23.0 Å². The van der Waals surface area contributed by atoms with Gasteiger partial charge in [0.15, 0.2) is 41.7 Å². The first kappa shape index (κ1) is 35.8. The number of benzene rings is 2. The highest BCUT2D eigenvalue weighted by Gasteiger charge is 2.55. The third kappa shape index (κ3) is 7.54. The predicted octanol–water partition coefficient (Wildman–Crippen LogP) is 0.733. The Hall–Kier alpha value is -3.51. The summed E-state index contributed by atoms with van der Waals surface area (Å²) in [7, 11) is 6.02. The van der Waals surface area contributed by atoms with E-state index in [1.165, 1.54) is 47.5 Å². The van der Waals surface area contributed by atoms with Crippen molar-refractivity contribution in [3.05, 3.63) is 53.6 Å². The van der Waals surface area contributed by atoms with Gasteiger partial charge in [-0.05, 0) is 48.4 Å². The van der Waals surface area contributed by atoms with Crippen LogP contribution in [0.4, 0.5) is 0 Å². The first-order valence-corrected chi connectivity index (χ1v) is 15.3. The van der Waals surface area contributed by atoms with Gasteiger partial charge in [0.1, 0.15) is 42.7 Å². The summed E-state index contributed by atoms with van der Waals surface area (Å²) >= 11 is 0. The molecule has 15 nitrogen and oxygen atoms in total. The molecule has 5 rings (SSSR count). The smallest absolute Gasteiger partial charge is 0.331 e. The Morgan fingerprint density at radius 2 is 1.50 bits per heavy atom. The van der Waals surface area contributed by atoms with Gasteiger partial charge in [0.2, 0.25) is 0 Å². The first-order valence-electron chi connectivity index (χ1n) is 15.3. The van der Waals surface area contributed by atoms with Crippen LogP contribution in [0, 0.1) is 0 Å². The van der Waals surface area contributed by atoms with Crippen molar-refractivity contribution >= 4 is 12.0 Å². The highest BCUT2D eigenvalue weighted by atomic mass is 16.8. The van der Waals surface area contributed by atoms with E-state index >= 15 is 0 Å². The molecule has 4 N–H and O–H groups in total. The predicted molar refractivity (Wildman–Crippen MR) is 165 cm³/mol. The molecule has 3 saturated heterocycles. The number of hydrogen-bond acceptors (Lipinski definition) is 15. The molecule has 0 amide bonds. The van der Waals surface area contributed by atoms with Gasteiger partial charge >= 0.3 is 5.97 Å². The van der Waals surface area contributed by atoms with Crippen molar-refractivity contribution < 1.29 is 72.6 Å². The lowest BCUT2D eigenvalue weighted by Crippen LogP contribution is -2.66. The van der Waals surface area contributed by atoms with Crippen LogP contribution in [0.2, 0.25) is 0 Å². The fraction of sp³-hybridized carbons (Fsp3) is 0.545. The van der Waals surface area contributed by atoms with Gasteiger partial charge in [0.25, 0.3) is 0 Å². The molecule has 15 heteroatoms. The normalized spacial score (nSPS) is 33.5. The number of aliphatic hydroxyl groups excluding tert-OH is 4. The molecule has 0 radical (unpaired) electrons. The van der Waals surface area contributed by atoms with E-state index in [1.54, 1.807) is 36.4 Å². The van der Waals surface area contributed by atoms with E-state index in [1.807, 2.05) is 0 Å². The van der Waals surface area contributed by atoms with Crippen molar-refractivity contribution in [1.29, 1.82) is 0 Å². The van der Waals surface area contributed by atoms with Crippen LogP contribution in [-0.4, -0.2) is 129 Å². The van der Waals surface area contributed by atoms with E-state index < -0.39 is 80.1 Å². The van der Waals surface area contributed by atoms with Crippen molar-refractivity contribution in [3.63, 3.8) is 0 Å². The summed E-state index contributed by atoms with van der Waals surface area (Å²) in [5.41, 5.74) is 1.28. The SMILES string of the molecule is COc1ccc(/C=C/C(=O)O[C@H]2[C@H](O[C@@H]3O[C@@H](C)[C@H](O)[C@@H](O)[C@H]3O)[C@H]3O[C@@H](c4ccc(OC)c(OC)c4)CO[C@@H]3O[C@@H]2CO)cc1OC. The highest BCUT2D eigenvalue weighted by Crippen LogP contribution is 2.40. The average molecular weight is 679 g/mol. The lowest BCUT2D eigenvalue weighted by Gasteiger charge is -2.50. The Morgan fingerprint density at radius 3 is 2.17 bits per heavy atom. The van der Waals surface area contributed by atoms with E-state index in [0.717, 1.165) is 0 Å². The summed E-state index contributed by atoms with van der Waals surface area (Å²) in [5.74, 6) is 1.13. The summed E-state index contributed by atoms with van der Waals surface area (Å²) in [4.78, 5) is 13.2. The fourth-order valence-electron chi connectivity index (χ4n) is 5.81. The van der Waals surface area contributed by atoms with E-state index in [0.29, 0.717) is 34.1 Å². The number of aliphatic hydroxyl groups is 4. The second-order valence-corrected chi connectivity index (χ2v) is 11.4. The second kappa shape index (κ2) is 15.8. The van der Waals surface area contributed by atoms with Gasteiger partial charge in [0, 0.05) is 6.08 Å². The summed E-state index contributed by atoms with van der Waals surface area (Å²) in [5, 5.41) is 41.8. The standard InChI is InChI=1S/C33H42O15/c1-16-26(36)27(37)28(38)32(44-16)48-30-29(47-25(35)11-7-17-6-9-19(39-2)21(12-17)41-4)23(14-34)46-33-31(30)45-24(15-43-33)18-8-10-20(40-3)22(13-18)42-5/h6-13,16,23-24,26-34,36-38H,14-15H2,1-5H3/b11-7+/t16-,23+,24+,26-,27+,28+,29+,30-,31+,32-,33+/m0/s1. The topological polar surface area (TPSA) is 190 Å². The van der Waals surface area contributed by atoms with Crippen LogP contribution < -0.4 is 18.9 Å². The molecule has 0 unspecified atom stereocenters. The molecule has 264 valence electrons. The molecule has 2 aromatic carbocycles. The molecule has 11 atom stereocenters. The number of rotatable bonds is 11. The third-order valence-corrected chi connectivity index (χ3v) is 8.46. The van der Waals surface area contributed by atoms with Gasteiger partial charge in [0.05, 0.1) is 47.8 Å². The van der Waals surface area contributed by atoms with E-state index in [-0.39, 0.29) is 6.61 Å². The van der Waals surface area contributed by atoms with Crippen LogP contribution >= 0.6 is 0 Å². The van der Waals surface area contributed by atoms with Crippen LogP contribution in [-0.2, 0) is 33.2 Å². The minimum absolute atomic E-state index is 0.0462. The van der Waals surface area contributed by atoms with Crippen molar-refractivity contribution in [1.82, 2.24) is 0 Å². The zero-order valence-corrected chi connectivity index (χ0v) is 27.2. The van der Waals surface area contributed by atoms with Crippen LogP contribution in [0.1, 0.15) is 24.2 Å². The van der Waals surface area contributed by atoms with E-state index in [9.17, 15) is 25.2 Å². The maximum absolute atomic E-state index is 13.2. The summed E-state index contributed by atoms with van der Waals surface area (Å²) in [6.45, 7) is 0.947. The molecule has 2 aromatic rings. The van der Waals surface area contributed by atoms with Crippen LogP contribution in [0.25, 0.3) is 6.08 Å². The Labute approximate surface area is 277 Å². The molecule has 3 aliphatic rings. The number of esters is 1. The minimum Gasteiger partial charge on any atom is -0.493 e. The van der Waals surface area contributed by atoms with Gasteiger partial charge in [-0.15, -0.1) is 0 Å². The Bertz CT molecular complexity index is 1420. The molecule has 3 aliphatic heterocycles. The zero-order chi connectivity index (χ0) is 34.5. The quantitative estimate of drug-likeness (QED) is 0.192. The van der Waals surface area contributed by atoms with Crippen molar-refractivity contribution in [2.24, 2.45) is 0 Å². The summed E-state index contributed by atoms with van der Waals surface area (Å²) in [6.07, 6.45) is -11.0. The van der Waals surface area contributed by atoms with Gasteiger partial charge in [-0.2, -0.15) is 0 Å². The van der Waals surface area contributed by atoms with E-state index in [4.69, 9.17) is 47.4 Å². The minimum atomic E-state index is -1.68. The van der Waals surface area contributed by atoms with Crippen molar-refractivity contribution in [2.45, 2.75) is 74.4 Å². The molecule has 48 heavy (non-hydrogen) atoms. The van der Waals surface area contributed by atoms with Gasteiger partial charge < -0.3 is 67.8 Å². The first-order chi connectivity index (χ1) is 23.1. The average Bonchev–Trinajstić information content (AvgIpc) is 3.11. The summed E-state index contributed by atoms with van der Waals surface area (Å²) < 4.78 is 57.6. The molecular weight excluding hydrogens is 636 g/mol. The molecule has 0 aromatic heterocycles. The summed E-state index contributed by atoms with van der Waals surface area (Å²) in [6, 6.07) is 10.3. The number of ether oxygens (including phenoxy) is 10. The van der Waals surface area contributed by atoms with Gasteiger partial charge in [-0.25, -0.2) is 4.79 Å². The van der Waals surface area contributed by atoms with Gasteiger partial charge in [-0.3, -0.25) is 0 Å². The van der Waals surface area contributed by atoms with Crippen LogP contribution in [0.15, 0.2) is 42.5 Å². The number of hydrogen-bond donors (Lipinski definition) is 4. The third-order valence-electron chi connectivity index (χ3n) is 8.46. The molecular formula is C33H42O15. The largest absolute Gasteiger partial charge is 0.493 e. The number of fused-ring (bicyclic) bond motifs is 1. The monoisotopic (exact) mass is 678 g/mol. The molecule has 0 bridgehead atoms. The van der Waals surface area contributed by atoms with Gasteiger partial charge in [-0.1, -0.05) is 12.1 Å². The molecule has 3 fully saturated rings. The van der Waals surface area contributed by atoms with Crippen LogP contribution in [0.3, 0.4) is 0 Å². The lowest BCUT2D eigenvalue weighted by molar-refractivity contribution is -0.384. The Morgan fingerprint density at radius 1 is 0.833 bits per heavy atom. The molecule has 0 spiro atoms. The maximum Gasteiger partial charge on any atom is 0.331 e.